The number of benzene rings is 1. The quantitative estimate of drug-likeness (QED) is 0.565. The first-order chi connectivity index (χ1) is 13.0. The van der Waals surface area contributed by atoms with E-state index >= 15 is 0 Å². The van der Waals surface area contributed by atoms with Gasteiger partial charge in [-0.3, -0.25) is 4.98 Å². The lowest BCUT2D eigenvalue weighted by molar-refractivity contribution is -0.271. The molecule has 1 aliphatic carbocycles. The maximum Gasteiger partial charge on any atom is 0.250 e. The van der Waals surface area contributed by atoms with Crippen molar-refractivity contribution >= 4 is 19.2 Å². The van der Waals surface area contributed by atoms with Gasteiger partial charge in [0.2, 0.25) is 8.32 Å². The van der Waals surface area contributed by atoms with Crippen LogP contribution in [0, 0.1) is 0 Å². The molecule has 1 aliphatic rings. The molecule has 28 heavy (non-hydrogen) atoms. The van der Waals surface area contributed by atoms with Gasteiger partial charge in [0.15, 0.2) is 5.79 Å². The van der Waals surface area contributed by atoms with E-state index in [2.05, 4.69) is 45.8 Å². The fourth-order valence-corrected chi connectivity index (χ4v) is 4.78. The van der Waals surface area contributed by atoms with Crippen LogP contribution in [0.25, 0.3) is 10.9 Å². The molecular formula is C22H33NO4Si. The van der Waals surface area contributed by atoms with Crippen LogP contribution < -0.4 is 4.43 Å². The van der Waals surface area contributed by atoms with Crippen molar-refractivity contribution in [1.82, 2.24) is 4.98 Å². The number of hydrogen-bond donors (Lipinski definition) is 1. The molecule has 0 radical (unpaired) electrons. The molecule has 0 amide bonds. The molecule has 0 fully saturated rings. The molecule has 1 N–H and O–H groups in total. The number of methoxy groups -OCH3 is 2. The Kier molecular flexibility index (Phi) is 5.38. The summed E-state index contributed by atoms with van der Waals surface area (Å²) in [7, 11) is 1.19. The van der Waals surface area contributed by atoms with Crippen LogP contribution in [0.5, 0.6) is 5.75 Å². The molecule has 0 unspecified atom stereocenters. The average molecular weight is 404 g/mol. The van der Waals surface area contributed by atoms with Gasteiger partial charge < -0.3 is 19.0 Å². The first-order valence-electron chi connectivity index (χ1n) is 9.85. The molecule has 154 valence electrons. The van der Waals surface area contributed by atoms with Gasteiger partial charge in [0.25, 0.3) is 0 Å². The molecular weight excluding hydrogens is 370 g/mol. The van der Waals surface area contributed by atoms with E-state index in [1.54, 1.807) is 14.2 Å². The second-order valence-corrected chi connectivity index (χ2v) is 14.1. The van der Waals surface area contributed by atoms with E-state index in [0.29, 0.717) is 6.42 Å². The number of ether oxygens (including phenoxy) is 2. The molecule has 0 saturated carbocycles. The molecule has 0 bridgehead atoms. The third kappa shape index (κ3) is 3.36. The summed E-state index contributed by atoms with van der Waals surface area (Å²) in [5, 5.41) is 12.2. The van der Waals surface area contributed by atoms with Crippen molar-refractivity contribution < 1.29 is 19.0 Å². The number of aromatic nitrogens is 1. The predicted octanol–water partition coefficient (Wildman–Crippen LogP) is 5.15. The zero-order chi connectivity index (χ0) is 20.9. The Bertz CT molecular complexity index is 871. The van der Waals surface area contributed by atoms with Gasteiger partial charge in [0, 0.05) is 37.8 Å². The first-order valence-corrected chi connectivity index (χ1v) is 12.8. The molecule has 1 heterocycles. The van der Waals surface area contributed by atoms with Crippen molar-refractivity contribution in [3.63, 3.8) is 0 Å². The minimum atomic E-state index is -1.97. The average Bonchev–Trinajstić information content (AvgIpc) is 2.62. The second kappa shape index (κ2) is 7.09. The summed E-state index contributed by atoms with van der Waals surface area (Å²) in [6.07, 6.45) is 1.54. The van der Waals surface area contributed by atoms with E-state index in [-0.39, 0.29) is 11.0 Å². The monoisotopic (exact) mass is 403 g/mol. The van der Waals surface area contributed by atoms with Gasteiger partial charge in [-0.15, -0.1) is 0 Å². The van der Waals surface area contributed by atoms with Gasteiger partial charge in [0.1, 0.15) is 11.9 Å². The minimum Gasteiger partial charge on any atom is -0.543 e. The number of aliphatic hydroxyl groups excluding tert-OH is 1. The van der Waals surface area contributed by atoms with Crippen LogP contribution in [0.3, 0.4) is 0 Å². The number of nitrogens with zero attached hydrogens (tertiary/aromatic N) is 1. The molecule has 1 aromatic carbocycles. The normalized spacial score (nSPS) is 22.2. The lowest BCUT2D eigenvalue weighted by Gasteiger charge is -2.42. The van der Waals surface area contributed by atoms with Crippen molar-refractivity contribution in [2.24, 2.45) is 0 Å². The van der Waals surface area contributed by atoms with Crippen LogP contribution in [0.1, 0.15) is 57.3 Å². The second-order valence-electron chi connectivity index (χ2n) is 9.40. The van der Waals surface area contributed by atoms with Crippen LogP contribution in [-0.4, -0.2) is 38.4 Å². The van der Waals surface area contributed by atoms with Crippen molar-refractivity contribution in [3.05, 3.63) is 35.5 Å². The number of fused-ring (bicyclic) bond motifs is 3. The van der Waals surface area contributed by atoms with E-state index < -0.39 is 20.2 Å². The van der Waals surface area contributed by atoms with Gasteiger partial charge >= 0.3 is 0 Å². The Hall–Kier alpha value is -1.47. The van der Waals surface area contributed by atoms with Crippen molar-refractivity contribution in [3.8, 4) is 5.75 Å². The molecule has 2 atom stereocenters. The number of pyridine rings is 1. The molecule has 0 aliphatic heterocycles. The number of aliphatic hydroxyl groups is 1. The van der Waals surface area contributed by atoms with Crippen molar-refractivity contribution in [2.45, 2.75) is 70.1 Å². The molecule has 0 saturated heterocycles. The molecule has 2 aromatic rings. The van der Waals surface area contributed by atoms with Gasteiger partial charge in [0.05, 0.1) is 5.52 Å². The number of rotatable bonds is 4. The molecule has 1 aromatic heterocycles. The largest absolute Gasteiger partial charge is 0.543 e. The first kappa shape index (κ1) is 21.2. The van der Waals surface area contributed by atoms with Gasteiger partial charge in [-0.05, 0) is 47.8 Å². The van der Waals surface area contributed by atoms with Crippen LogP contribution in [-0.2, 0) is 9.47 Å². The van der Waals surface area contributed by atoms with Crippen LogP contribution in [0.4, 0.5) is 0 Å². The maximum atomic E-state index is 11.2. The minimum absolute atomic E-state index is 0.103. The highest BCUT2D eigenvalue weighted by Crippen LogP contribution is 2.48. The zero-order valence-electron chi connectivity index (χ0n) is 18.3. The molecule has 0 spiro atoms. The summed E-state index contributed by atoms with van der Waals surface area (Å²) in [5.74, 6) is -0.0860. The summed E-state index contributed by atoms with van der Waals surface area (Å²) >= 11 is 0. The van der Waals surface area contributed by atoms with Gasteiger partial charge in [-0.25, -0.2) is 0 Å². The standard InChI is InChI=1S/C22H33NO4Si/c1-14-12-22(25-5,26-6)20(24)19-16-11-15(27-28(7,8)21(2,3)4)9-10-18(16)23-13-17(14)19/h9-11,13-14,20,24H,12H2,1-8H3/t14-,20+/m0/s1. The Morgan fingerprint density at radius 3 is 2.39 bits per heavy atom. The highest BCUT2D eigenvalue weighted by atomic mass is 28.4. The molecule has 5 nitrogen and oxygen atoms in total. The fraction of sp³-hybridized carbons (Fsp3) is 0.591. The summed E-state index contributed by atoms with van der Waals surface area (Å²) < 4.78 is 17.8. The summed E-state index contributed by atoms with van der Waals surface area (Å²) in [6.45, 7) is 13.2. The van der Waals surface area contributed by atoms with E-state index in [4.69, 9.17) is 13.9 Å². The SMILES string of the molecule is COC1(OC)C[C@H](C)c2cnc3ccc(O[Si](C)(C)C(C)(C)C)cc3c2[C@H]1O. The topological polar surface area (TPSA) is 60.8 Å². The molecule has 6 heteroatoms. The van der Waals surface area contributed by atoms with Crippen molar-refractivity contribution in [2.75, 3.05) is 14.2 Å². The maximum absolute atomic E-state index is 11.2. The summed E-state index contributed by atoms with van der Waals surface area (Å²) in [6, 6.07) is 5.95. The van der Waals surface area contributed by atoms with Crippen LogP contribution in [0.2, 0.25) is 18.1 Å². The smallest absolute Gasteiger partial charge is 0.250 e. The Labute approximate surface area is 169 Å². The van der Waals surface area contributed by atoms with Gasteiger partial charge in [-0.2, -0.15) is 0 Å². The number of hydrogen-bond acceptors (Lipinski definition) is 5. The van der Waals surface area contributed by atoms with Crippen LogP contribution >= 0.6 is 0 Å². The highest BCUT2D eigenvalue weighted by molar-refractivity contribution is 6.74. The van der Waals surface area contributed by atoms with Gasteiger partial charge in [-0.1, -0.05) is 27.7 Å². The van der Waals surface area contributed by atoms with Crippen LogP contribution in [0.15, 0.2) is 24.4 Å². The predicted molar refractivity (Wildman–Crippen MR) is 114 cm³/mol. The lowest BCUT2D eigenvalue weighted by Crippen LogP contribution is -2.45. The lowest BCUT2D eigenvalue weighted by atomic mass is 9.77. The molecule has 3 rings (SSSR count). The Balaban J connectivity index is 2.16. The third-order valence-electron chi connectivity index (χ3n) is 6.59. The summed E-state index contributed by atoms with van der Waals surface area (Å²) in [4.78, 5) is 4.63. The third-order valence-corrected chi connectivity index (χ3v) is 11.0. The fourth-order valence-electron chi connectivity index (χ4n) is 3.76. The Morgan fingerprint density at radius 2 is 1.82 bits per heavy atom. The van der Waals surface area contributed by atoms with E-state index in [0.717, 1.165) is 27.8 Å². The zero-order valence-corrected chi connectivity index (χ0v) is 19.3. The van der Waals surface area contributed by atoms with Crippen molar-refractivity contribution in [1.29, 1.82) is 0 Å². The summed E-state index contributed by atoms with van der Waals surface area (Å²) in [5.41, 5.74) is 2.69. The Morgan fingerprint density at radius 1 is 1.18 bits per heavy atom. The van der Waals surface area contributed by atoms with E-state index in [1.807, 2.05) is 24.4 Å². The van der Waals surface area contributed by atoms with E-state index in [1.165, 1.54) is 0 Å². The van der Waals surface area contributed by atoms with E-state index in [9.17, 15) is 5.11 Å². The highest BCUT2D eigenvalue weighted by Gasteiger charge is 2.47.